The smallest absolute Gasteiger partial charge is 0.406 e. The van der Waals surface area contributed by atoms with Crippen LogP contribution >= 0.6 is 11.8 Å². The monoisotopic (exact) mass is 461 g/mol. The first-order valence-electron chi connectivity index (χ1n) is 10.3. The van der Waals surface area contributed by atoms with Gasteiger partial charge in [0.1, 0.15) is 12.3 Å². The number of nitrogens with zero attached hydrogens (tertiary/aromatic N) is 5. The highest BCUT2D eigenvalue weighted by Gasteiger charge is 2.33. The molecule has 1 amide bonds. The van der Waals surface area contributed by atoms with Crippen LogP contribution in [0.1, 0.15) is 50.7 Å². The number of aromatic nitrogens is 3. The quantitative estimate of drug-likeness (QED) is 0.438. The van der Waals surface area contributed by atoms with Crippen LogP contribution in [0.25, 0.3) is 0 Å². The second-order valence-corrected chi connectivity index (χ2v) is 8.41. The minimum atomic E-state index is -4.50. The van der Waals surface area contributed by atoms with Crippen LogP contribution < -0.4 is 0 Å². The van der Waals surface area contributed by atoms with Gasteiger partial charge in [-0.3, -0.25) is 9.69 Å². The molecule has 0 saturated heterocycles. The van der Waals surface area contributed by atoms with Gasteiger partial charge >= 0.3 is 6.18 Å². The first-order valence-corrected chi connectivity index (χ1v) is 11.2. The van der Waals surface area contributed by atoms with Gasteiger partial charge in [0.05, 0.1) is 24.6 Å². The molecular weight excluding hydrogens is 431 g/mol. The van der Waals surface area contributed by atoms with Crippen molar-refractivity contribution in [3.05, 3.63) is 30.0 Å². The second kappa shape index (κ2) is 11.6. The van der Waals surface area contributed by atoms with E-state index in [4.69, 9.17) is 4.42 Å². The average Bonchev–Trinajstić information content (AvgIpc) is 3.33. The summed E-state index contributed by atoms with van der Waals surface area (Å²) in [4.78, 5) is 15.5. The number of hydrogen-bond acceptors (Lipinski definition) is 6. The molecule has 2 aromatic rings. The molecule has 174 valence electrons. The van der Waals surface area contributed by atoms with Crippen LogP contribution in [0.4, 0.5) is 13.2 Å². The van der Waals surface area contributed by atoms with E-state index in [0.717, 1.165) is 41.7 Å². The highest BCUT2D eigenvalue weighted by Crippen LogP contribution is 2.26. The van der Waals surface area contributed by atoms with E-state index in [1.54, 1.807) is 12.1 Å². The largest absolute Gasteiger partial charge is 0.467 e. The highest BCUT2D eigenvalue weighted by molar-refractivity contribution is 7.99. The summed E-state index contributed by atoms with van der Waals surface area (Å²) in [6.07, 6.45) is -0.408. The van der Waals surface area contributed by atoms with E-state index in [1.807, 2.05) is 18.7 Å². The van der Waals surface area contributed by atoms with Gasteiger partial charge in [-0.2, -0.15) is 13.2 Å². The number of amides is 1. The maximum absolute atomic E-state index is 13.0. The summed E-state index contributed by atoms with van der Waals surface area (Å²) in [7, 11) is 3.93. The maximum atomic E-state index is 13.0. The molecule has 11 heteroatoms. The number of rotatable bonds is 12. The van der Waals surface area contributed by atoms with E-state index in [-0.39, 0.29) is 18.3 Å². The third kappa shape index (κ3) is 7.57. The van der Waals surface area contributed by atoms with Crippen LogP contribution in [0.3, 0.4) is 0 Å². The summed E-state index contributed by atoms with van der Waals surface area (Å²) in [5.74, 6) is 0.302. The summed E-state index contributed by atoms with van der Waals surface area (Å²) in [6, 6.07) is 3.19. The first kappa shape index (κ1) is 25.3. The molecule has 0 fully saturated rings. The van der Waals surface area contributed by atoms with Crippen molar-refractivity contribution in [1.82, 2.24) is 24.6 Å². The molecule has 7 nitrogen and oxygen atoms in total. The lowest BCUT2D eigenvalue weighted by Gasteiger charge is -2.24. The van der Waals surface area contributed by atoms with E-state index in [1.165, 1.54) is 6.26 Å². The Morgan fingerprint density at radius 2 is 2.03 bits per heavy atom. The lowest BCUT2D eigenvalue weighted by Crippen LogP contribution is -2.39. The molecule has 2 heterocycles. The van der Waals surface area contributed by atoms with Crippen molar-refractivity contribution in [2.45, 2.75) is 63.6 Å². The van der Waals surface area contributed by atoms with Crippen molar-refractivity contribution in [2.75, 3.05) is 26.4 Å². The molecule has 0 spiro atoms. The van der Waals surface area contributed by atoms with Crippen LogP contribution in [0.2, 0.25) is 0 Å². The molecule has 31 heavy (non-hydrogen) atoms. The van der Waals surface area contributed by atoms with Gasteiger partial charge in [-0.25, -0.2) is 0 Å². The number of furan rings is 1. The summed E-state index contributed by atoms with van der Waals surface area (Å²) in [5.41, 5.74) is 0. The minimum absolute atomic E-state index is 0.0649. The molecule has 2 rings (SSSR count). The van der Waals surface area contributed by atoms with Crippen LogP contribution in [0.5, 0.6) is 0 Å². The number of carbonyl (C=O) groups is 1. The highest BCUT2D eigenvalue weighted by atomic mass is 32.2. The molecule has 0 aliphatic heterocycles. The van der Waals surface area contributed by atoms with Crippen molar-refractivity contribution in [3.63, 3.8) is 0 Å². The zero-order chi connectivity index (χ0) is 23.0. The molecule has 1 unspecified atom stereocenters. The molecule has 1 atom stereocenters. The summed E-state index contributed by atoms with van der Waals surface area (Å²) in [5, 5.41) is 9.12. The van der Waals surface area contributed by atoms with E-state index < -0.39 is 18.6 Å². The topological polar surface area (TPSA) is 67.4 Å². The van der Waals surface area contributed by atoms with Crippen LogP contribution in [-0.4, -0.2) is 63.0 Å². The molecule has 0 bridgehead atoms. The molecule has 0 radical (unpaired) electrons. The number of hydrogen-bond donors (Lipinski definition) is 0. The Morgan fingerprint density at radius 1 is 1.29 bits per heavy atom. The van der Waals surface area contributed by atoms with Crippen molar-refractivity contribution in [1.29, 1.82) is 0 Å². The van der Waals surface area contributed by atoms with Gasteiger partial charge in [-0.1, -0.05) is 32.0 Å². The predicted octanol–water partition coefficient (Wildman–Crippen LogP) is 4.37. The molecule has 0 N–H and O–H groups in total. The van der Waals surface area contributed by atoms with Gasteiger partial charge in [0, 0.05) is 6.54 Å². The average molecular weight is 462 g/mol. The third-order valence-corrected chi connectivity index (χ3v) is 5.71. The van der Waals surface area contributed by atoms with Gasteiger partial charge in [-0.15, -0.1) is 10.2 Å². The maximum Gasteiger partial charge on any atom is 0.406 e. The van der Waals surface area contributed by atoms with Gasteiger partial charge < -0.3 is 13.9 Å². The Morgan fingerprint density at radius 3 is 2.58 bits per heavy atom. The van der Waals surface area contributed by atoms with E-state index in [9.17, 15) is 18.0 Å². The molecule has 2 aromatic heterocycles. The number of alkyl halides is 3. The zero-order valence-corrected chi connectivity index (χ0v) is 19.2. The van der Waals surface area contributed by atoms with E-state index in [0.29, 0.717) is 17.5 Å². The first-order chi connectivity index (χ1) is 14.7. The van der Waals surface area contributed by atoms with Crippen molar-refractivity contribution < 1.29 is 22.4 Å². The molecule has 0 aliphatic rings. The zero-order valence-electron chi connectivity index (χ0n) is 18.4. The number of carbonyl (C=O) groups excluding carboxylic acids is 1. The second-order valence-electron chi connectivity index (χ2n) is 7.47. The number of halogens is 3. The Kier molecular flexibility index (Phi) is 9.42. The fraction of sp³-hybridized carbons (Fsp3) is 0.650. The van der Waals surface area contributed by atoms with Crippen molar-refractivity contribution in [2.24, 2.45) is 0 Å². The van der Waals surface area contributed by atoms with E-state index in [2.05, 4.69) is 28.9 Å². The van der Waals surface area contributed by atoms with Crippen LogP contribution in [0, 0.1) is 0 Å². The summed E-state index contributed by atoms with van der Waals surface area (Å²) < 4.78 is 46.1. The molecular formula is C20H30F3N5O2S. The Hall–Kier alpha value is -2.01. The van der Waals surface area contributed by atoms with Crippen molar-refractivity contribution >= 4 is 17.7 Å². The third-order valence-electron chi connectivity index (χ3n) is 4.76. The van der Waals surface area contributed by atoms with Crippen LogP contribution in [0.15, 0.2) is 28.0 Å². The number of thioether (sulfide) groups is 1. The Labute approximate surface area is 185 Å². The number of unbranched alkanes of at least 4 members (excludes halogenated alkanes) is 1. The lowest BCUT2D eigenvalue weighted by molar-refractivity contribution is -0.161. The fourth-order valence-electron chi connectivity index (χ4n) is 3.22. The van der Waals surface area contributed by atoms with Gasteiger partial charge in [0.2, 0.25) is 5.91 Å². The summed E-state index contributed by atoms with van der Waals surface area (Å²) >= 11 is 1.11. The normalized spacial score (nSPS) is 13.0. The standard InChI is InChI=1S/C20H30F3N5O2S/c1-5-7-10-28-18(16(6-2)26(3)4)24-25-19(28)31-13-17(29)27(14-20(21,22)23)12-15-9-8-11-30-15/h8-9,11,16H,5-7,10,12-14H2,1-4H3. The van der Waals surface area contributed by atoms with Gasteiger partial charge in [0.25, 0.3) is 0 Å². The van der Waals surface area contributed by atoms with E-state index >= 15 is 0 Å². The fourth-order valence-corrected chi connectivity index (χ4v) is 4.09. The molecule has 0 aromatic carbocycles. The molecule has 0 aliphatic carbocycles. The van der Waals surface area contributed by atoms with Crippen LogP contribution in [-0.2, 0) is 17.9 Å². The minimum Gasteiger partial charge on any atom is -0.467 e. The Balaban J connectivity index is 2.16. The summed E-state index contributed by atoms with van der Waals surface area (Å²) in [6.45, 7) is 3.26. The lowest BCUT2D eigenvalue weighted by atomic mass is 10.2. The van der Waals surface area contributed by atoms with Gasteiger partial charge in [-0.05, 0) is 39.1 Å². The Bertz CT molecular complexity index is 808. The SMILES string of the molecule is CCCCn1c(SCC(=O)N(Cc2ccco2)CC(F)(F)F)nnc1C(CC)N(C)C. The van der Waals surface area contributed by atoms with Crippen molar-refractivity contribution in [3.8, 4) is 0 Å². The van der Waals surface area contributed by atoms with Gasteiger partial charge in [0.15, 0.2) is 11.0 Å². The predicted molar refractivity (Wildman–Crippen MR) is 113 cm³/mol. The molecule has 0 saturated carbocycles.